The van der Waals surface area contributed by atoms with Crippen LogP contribution in [-0.4, -0.2) is 41.3 Å². The first kappa shape index (κ1) is 24.6. The molecule has 0 bridgehead atoms. The first-order valence-corrected chi connectivity index (χ1v) is 10.8. The summed E-state index contributed by atoms with van der Waals surface area (Å²) < 4.78 is 50.2. The molecule has 11 heteroatoms. The molecule has 1 unspecified atom stereocenters. The van der Waals surface area contributed by atoms with Crippen molar-refractivity contribution in [3.05, 3.63) is 58.5 Å². The number of carbonyl (C=O) groups excluding carboxylic acids is 2. The number of amides is 2. The zero-order valence-electron chi connectivity index (χ0n) is 17.7. The van der Waals surface area contributed by atoms with Crippen molar-refractivity contribution >= 4 is 51.9 Å². The van der Waals surface area contributed by atoms with Gasteiger partial charge in [-0.05, 0) is 42.8 Å². The third-order valence-corrected chi connectivity index (χ3v) is 6.12. The van der Waals surface area contributed by atoms with Gasteiger partial charge in [-0.2, -0.15) is 13.2 Å². The van der Waals surface area contributed by atoms with Crippen LogP contribution in [0.2, 0.25) is 0 Å². The van der Waals surface area contributed by atoms with Crippen molar-refractivity contribution in [3.63, 3.8) is 0 Å². The fourth-order valence-electron chi connectivity index (χ4n) is 3.10. The second kappa shape index (κ2) is 9.84. The summed E-state index contributed by atoms with van der Waals surface area (Å²) in [6, 6.07) is 8.56. The van der Waals surface area contributed by atoms with Crippen molar-refractivity contribution < 1.29 is 32.2 Å². The van der Waals surface area contributed by atoms with Crippen LogP contribution in [-0.2, 0) is 15.8 Å². The Bertz CT molecular complexity index is 1130. The molecule has 1 N–H and O–H groups in total. The van der Waals surface area contributed by atoms with Crippen molar-refractivity contribution in [2.45, 2.75) is 19.1 Å². The van der Waals surface area contributed by atoms with E-state index in [4.69, 9.17) is 21.7 Å². The van der Waals surface area contributed by atoms with Crippen LogP contribution in [0.1, 0.15) is 18.1 Å². The van der Waals surface area contributed by atoms with Gasteiger partial charge in [0.25, 0.3) is 5.91 Å². The minimum Gasteiger partial charge on any atom is -0.493 e. The maximum Gasteiger partial charge on any atom is 0.418 e. The fraction of sp³-hybridized carbons (Fsp3) is 0.227. The Morgan fingerprint density at radius 3 is 2.45 bits per heavy atom. The number of hydrogen-bond donors (Lipinski definition) is 1. The van der Waals surface area contributed by atoms with E-state index in [1.807, 2.05) is 0 Å². The third kappa shape index (κ3) is 5.31. The van der Waals surface area contributed by atoms with Crippen molar-refractivity contribution in [3.8, 4) is 11.5 Å². The van der Waals surface area contributed by atoms with E-state index in [1.54, 1.807) is 24.3 Å². The van der Waals surface area contributed by atoms with Crippen LogP contribution in [0.5, 0.6) is 11.5 Å². The molecule has 1 atom stereocenters. The number of thiocarbonyl (C=S) groups is 1. The molecule has 0 aromatic heterocycles. The quantitative estimate of drug-likeness (QED) is 0.451. The Kier molecular flexibility index (Phi) is 7.33. The fourth-order valence-corrected chi connectivity index (χ4v) is 4.52. The largest absolute Gasteiger partial charge is 0.493 e. The highest BCUT2D eigenvalue weighted by atomic mass is 32.2. The molecular weight excluding hydrogens is 477 g/mol. The summed E-state index contributed by atoms with van der Waals surface area (Å²) in [6.45, 7) is 1.40. The van der Waals surface area contributed by atoms with E-state index in [-0.39, 0.29) is 9.23 Å². The van der Waals surface area contributed by atoms with Gasteiger partial charge in [-0.15, -0.1) is 0 Å². The maximum absolute atomic E-state index is 13.2. The topological polar surface area (TPSA) is 67.9 Å². The highest BCUT2D eigenvalue weighted by Crippen LogP contribution is 2.37. The van der Waals surface area contributed by atoms with Crippen LogP contribution < -0.4 is 14.8 Å². The molecule has 3 rings (SSSR count). The number of methoxy groups -OCH3 is 2. The second-order valence-electron chi connectivity index (χ2n) is 6.87. The molecule has 2 aromatic rings. The Balaban J connectivity index is 1.81. The number of carbonyl (C=O) groups is 2. The number of ether oxygens (including phenoxy) is 2. The van der Waals surface area contributed by atoms with Crippen LogP contribution in [0, 0.1) is 0 Å². The number of thioether (sulfide) groups is 1. The Morgan fingerprint density at radius 1 is 1.15 bits per heavy atom. The molecule has 33 heavy (non-hydrogen) atoms. The molecule has 0 spiro atoms. The molecule has 0 saturated carbocycles. The maximum atomic E-state index is 13.2. The first-order valence-electron chi connectivity index (χ1n) is 9.53. The van der Waals surface area contributed by atoms with Crippen molar-refractivity contribution in [2.24, 2.45) is 0 Å². The van der Waals surface area contributed by atoms with Gasteiger partial charge >= 0.3 is 6.18 Å². The molecule has 1 aliphatic rings. The number of halogens is 3. The van der Waals surface area contributed by atoms with Gasteiger partial charge in [-0.25, -0.2) is 0 Å². The predicted octanol–water partition coefficient (Wildman–Crippen LogP) is 4.95. The van der Waals surface area contributed by atoms with Gasteiger partial charge in [0.15, 0.2) is 11.5 Å². The van der Waals surface area contributed by atoms with Gasteiger partial charge in [-0.3, -0.25) is 14.5 Å². The normalized spacial score (nSPS) is 16.2. The van der Waals surface area contributed by atoms with E-state index >= 15 is 0 Å². The highest BCUT2D eigenvalue weighted by molar-refractivity contribution is 8.26. The van der Waals surface area contributed by atoms with Crippen molar-refractivity contribution in [2.75, 3.05) is 19.5 Å². The van der Waals surface area contributed by atoms with Crippen LogP contribution in [0.25, 0.3) is 6.08 Å². The Morgan fingerprint density at radius 2 is 1.82 bits per heavy atom. The Hall–Kier alpha value is -3.05. The smallest absolute Gasteiger partial charge is 0.418 e. The van der Waals surface area contributed by atoms with Gasteiger partial charge < -0.3 is 14.8 Å². The minimum absolute atomic E-state index is 0.124. The lowest BCUT2D eigenvalue weighted by molar-refractivity contribution is -0.137. The highest BCUT2D eigenvalue weighted by Gasteiger charge is 2.39. The lowest BCUT2D eigenvalue weighted by Gasteiger charge is -2.23. The summed E-state index contributed by atoms with van der Waals surface area (Å²) in [5.41, 5.74) is -0.734. The molecule has 2 amide bonds. The zero-order chi connectivity index (χ0) is 24.3. The molecule has 6 nitrogen and oxygen atoms in total. The summed E-state index contributed by atoms with van der Waals surface area (Å²) in [4.78, 5) is 27.0. The van der Waals surface area contributed by atoms with E-state index in [9.17, 15) is 22.8 Å². The summed E-state index contributed by atoms with van der Waals surface area (Å²) in [5, 5.41) is 2.26. The number of para-hydroxylation sites is 1. The van der Waals surface area contributed by atoms with Crippen LogP contribution in [0.15, 0.2) is 47.4 Å². The molecule has 2 aromatic carbocycles. The van der Waals surface area contributed by atoms with Crippen LogP contribution in [0.4, 0.5) is 18.9 Å². The average molecular weight is 497 g/mol. The van der Waals surface area contributed by atoms with Gasteiger partial charge in [0.2, 0.25) is 5.91 Å². The summed E-state index contributed by atoms with van der Waals surface area (Å²) in [7, 11) is 2.99. The molecular formula is C22H19F3N2O4S2. The van der Waals surface area contributed by atoms with Gasteiger partial charge in [0.1, 0.15) is 10.4 Å². The summed E-state index contributed by atoms with van der Waals surface area (Å²) >= 11 is 6.26. The number of alkyl halides is 3. The van der Waals surface area contributed by atoms with Gasteiger partial charge in [-0.1, -0.05) is 42.2 Å². The van der Waals surface area contributed by atoms with Crippen LogP contribution >= 0.6 is 24.0 Å². The molecule has 1 fully saturated rings. The summed E-state index contributed by atoms with van der Waals surface area (Å²) in [6.07, 6.45) is -3.05. The number of benzene rings is 2. The number of hydrogen-bond acceptors (Lipinski definition) is 6. The van der Waals surface area contributed by atoms with Crippen molar-refractivity contribution in [1.82, 2.24) is 4.90 Å². The van der Waals surface area contributed by atoms with E-state index in [0.717, 1.165) is 28.8 Å². The standard InChI is InChI=1S/C22H19F3N2O4S2/c1-12(19(28)26-15-7-5-4-6-14(15)22(23,24)25)27-20(29)18(33-21(27)32)11-13-8-9-16(30-2)17(10-13)31-3/h4-12H,1-3H3,(H,26,28)/b18-11-. The molecule has 0 aliphatic carbocycles. The molecule has 0 radical (unpaired) electrons. The lowest BCUT2D eigenvalue weighted by atomic mass is 10.1. The van der Waals surface area contributed by atoms with Gasteiger partial charge in [0.05, 0.1) is 30.4 Å². The van der Waals surface area contributed by atoms with Crippen LogP contribution in [0.3, 0.4) is 0 Å². The molecule has 174 valence electrons. The van der Waals surface area contributed by atoms with E-state index in [2.05, 4.69) is 5.32 Å². The monoisotopic (exact) mass is 496 g/mol. The Labute approximate surface area is 197 Å². The first-order chi connectivity index (χ1) is 15.6. The van der Waals surface area contributed by atoms with Crippen molar-refractivity contribution in [1.29, 1.82) is 0 Å². The summed E-state index contributed by atoms with van der Waals surface area (Å²) in [5.74, 6) is -0.327. The lowest BCUT2D eigenvalue weighted by Crippen LogP contribution is -2.44. The average Bonchev–Trinajstić information content (AvgIpc) is 3.05. The second-order valence-corrected chi connectivity index (χ2v) is 8.55. The molecule has 1 heterocycles. The molecule has 1 saturated heterocycles. The number of nitrogens with one attached hydrogen (secondary N) is 1. The minimum atomic E-state index is -4.64. The zero-order valence-corrected chi connectivity index (χ0v) is 19.4. The van der Waals surface area contributed by atoms with E-state index in [0.29, 0.717) is 17.1 Å². The number of rotatable bonds is 6. The number of anilines is 1. The number of nitrogens with zero attached hydrogens (tertiary/aromatic N) is 1. The predicted molar refractivity (Wildman–Crippen MR) is 124 cm³/mol. The third-order valence-electron chi connectivity index (χ3n) is 4.79. The van der Waals surface area contributed by atoms with E-state index in [1.165, 1.54) is 33.3 Å². The molecule has 1 aliphatic heterocycles. The van der Waals surface area contributed by atoms with E-state index < -0.39 is 35.3 Å². The van der Waals surface area contributed by atoms with Gasteiger partial charge in [0, 0.05) is 0 Å². The SMILES string of the molecule is COc1ccc(/C=C2\SC(=S)N(C(C)C(=O)Nc3ccccc3C(F)(F)F)C2=O)cc1OC.